The molecule has 0 unspecified atom stereocenters. The number of amides is 1. The van der Waals surface area contributed by atoms with Crippen LogP contribution in [0.3, 0.4) is 0 Å². The maximum Gasteiger partial charge on any atom is 0.326 e. The number of nitrogens with zero attached hydrogens (tertiary/aromatic N) is 1. The van der Waals surface area contributed by atoms with Gasteiger partial charge in [-0.25, -0.2) is 4.79 Å². The molecular formula is C13H17BrN2O4. The molecular weight excluding hydrogens is 328 g/mol. The molecule has 1 aromatic rings. The number of carbonyl (C=O) groups is 2. The minimum Gasteiger partial charge on any atom is -0.480 e. The summed E-state index contributed by atoms with van der Waals surface area (Å²) in [7, 11) is 0. The molecule has 0 saturated carbocycles. The van der Waals surface area contributed by atoms with Crippen molar-refractivity contribution in [2.24, 2.45) is 5.92 Å². The molecule has 0 fully saturated rings. The van der Waals surface area contributed by atoms with Crippen molar-refractivity contribution in [3.8, 4) is 0 Å². The summed E-state index contributed by atoms with van der Waals surface area (Å²) in [5.74, 6) is -1.43. The maximum absolute atomic E-state index is 11.8. The van der Waals surface area contributed by atoms with Gasteiger partial charge in [-0.2, -0.15) is 0 Å². The number of halogens is 1. The molecule has 1 rings (SSSR count). The lowest BCUT2D eigenvalue weighted by Crippen LogP contribution is -2.43. The molecule has 20 heavy (non-hydrogen) atoms. The van der Waals surface area contributed by atoms with Gasteiger partial charge in [0.1, 0.15) is 12.6 Å². The van der Waals surface area contributed by atoms with Crippen LogP contribution in [0.2, 0.25) is 0 Å². The fourth-order valence-corrected chi connectivity index (χ4v) is 2.09. The topological polar surface area (TPSA) is 88.4 Å². The van der Waals surface area contributed by atoms with E-state index in [-0.39, 0.29) is 18.0 Å². The third-order valence-corrected chi connectivity index (χ3v) is 3.07. The first-order valence-corrected chi connectivity index (χ1v) is 6.97. The van der Waals surface area contributed by atoms with Gasteiger partial charge in [-0.15, -0.1) is 0 Å². The lowest BCUT2D eigenvalue weighted by atomic mass is 10.0. The summed E-state index contributed by atoms with van der Waals surface area (Å²) in [6, 6.07) is 1.97. The molecule has 0 radical (unpaired) electrons. The monoisotopic (exact) mass is 344 g/mol. The Morgan fingerprint density at radius 1 is 1.40 bits per heavy atom. The highest BCUT2D eigenvalue weighted by atomic mass is 79.9. The molecule has 0 aliphatic heterocycles. The molecule has 7 heteroatoms. The van der Waals surface area contributed by atoms with Crippen molar-refractivity contribution in [1.82, 2.24) is 9.88 Å². The Morgan fingerprint density at radius 3 is 2.60 bits per heavy atom. The second-order valence-electron chi connectivity index (χ2n) is 4.90. The van der Waals surface area contributed by atoms with Gasteiger partial charge < -0.3 is 15.0 Å². The van der Waals surface area contributed by atoms with Crippen LogP contribution in [0.4, 0.5) is 0 Å². The number of rotatable bonds is 6. The lowest BCUT2D eigenvalue weighted by molar-refractivity contribution is -0.142. The minimum atomic E-state index is -1.08. The number of hydrogen-bond acceptors (Lipinski definition) is 3. The van der Waals surface area contributed by atoms with Gasteiger partial charge in [-0.1, -0.05) is 13.8 Å². The van der Waals surface area contributed by atoms with Crippen LogP contribution in [0.1, 0.15) is 20.3 Å². The van der Waals surface area contributed by atoms with E-state index in [9.17, 15) is 14.4 Å². The van der Waals surface area contributed by atoms with E-state index in [1.807, 2.05) is 13.8 Å². The zero-order valence-corrected chi connectivity index (χ0v) is 12.9. The molecule has 110 valence electrons. The standard InChI is InChI=1S/C13H17BrN2O4/c1-8(2)5-10(13(19)20)15-11(17)7-16-6-9(14)3-4-12(16)18/h3-4,6,8,10H,5,7H2,1-2H3,(H,15,17)(H,19,20)/t10-/m1/s1. The highest BCUT2D eigenvalue weighted by molar-refractivity contribution is 9.10. The van der Waals surface area contributed by atoms with Crippen molar-refractivity contribution in [1.29, 1.82) is 0 Å². The van der Waals surface area contributed by atoms with E-state index in [2.05, 4.69) is 21.2 Å². The molecule has 0 aliphatic carbocycles. The van der Waals surface area contributed by atoms with Crippen LogP contribution in [-0.2, 0) is 16.1 Å². The molecule has 0 spiro atoms. The van der Waals surface area contributed by atoms with E-state index in [0.29, 0.717) is 10.9 Å². The molecule has 0 aliphatic rings. The highest BCUT2D eigenvalue weighted by Gasteiger charge is 2.21. The molecule has 2 N–H and O–H groups in total. The summed E-state index contributed by atoms with van der Waals surface area (Å²) in [5, 5.41) is 11.5. The van der Waals surface area contributed by atoms with Crippen molar-refractivity contribution in [2.75, 3.05) is 0 Å². The van der Waals surface area contributed by atoms with Crippen molar-refractivity contribution >= 4 is 27.8 Å². The number of pyridine rings is 1. The van der Waals surface area contributed by atoms with E-state index in [1.54, 1.807) is 6.07 Å². The molecule has 0 aromatic carbocycles. The quantitative estimate of drug-likeness (QED) is 0.812. The first-order valence-electron chi connectivity index (χ1n) is 6.17. The largest absolute Gasteiger partial charge is 0.480 e. The summed E-state index contributed by atoms with van der Waals surface area (Å²) in [6.45, 7) is 3.54. The van der Waals surface area contributed by atoms with Crippen LogP contribution in [0.15, 0.2) is 27.6 Å². The molecule has 1 amide bonds. The lowest BCUT2D eigenvalue weighted by Gasteiger charge is -2.16. The van der Waals surface area contributed by atoms with Crippen molar-refractivity contribution in [3.05, 3.63) is 33.2 Å². The Morgan fingerprint density at radius 2 is 2.05 bits per heavy atom. The Labute approximate surface area is 124 Å². The van der Waals surface area contributed by atoms with Crippen molar-refractivity contribution in [3.63, 3.8) is 0 Å². The van der Waals surface area contributed by atoms with Crippen LogP contribution in [-0.4, -0.2) is 27.6 Å². The van der Waals surface area contributed by atoms with Gasteiger partial charge in [0.2, 0.25) is 5.91 Å². The smallest absolute Gasteiger partial charge is 0.326 e. The molecule has 1 atom stereocenters. The second kappa shape index (κ2) is 7.23. The summed E-state index contributed by atoms with van der Waals surface area (Å²) < 4.78 is 1.88. The van der Waals surface area contributed by atoms with Gasteiger partial charge in [-0.3, -0.25) is 9.59 Å². The van der Waals surface area contributed by atoms with Crippen molar-refractivity contribution in [2.45, 2.75) is 32.9 Å². The van der Waals surface area contributed by atoms with E-state index < -0.39 is 17.9 Å². The maximum atomic E-state index is 11.8. The highest BCUT2D eigenvalue weighted by Crippen LogP contribution is 2.06. The summed E-state index contributed by atoms with van der Waals surface area (Å²) in [4.78, 5) is 34.4. The Balaban J connectivity index is 2.73. The summed E-state index contributed by atoms with van der Waals surface area (Å²) >= 11 is 3.21. The Hall–Kier alpha value is -1.63. The SMILES string of the molecule is CC(C)C[C@@H](NC(=O)Cn1cc(Br)ccc1=O)C(=O)O. The van der Waals surface area contributed by atoms with Crippen LogP contribution in [0.5, 0.6) is 0 Å². The van der Waals surface area contributed by atoms with E-state index in [0.717, 1.165) is 0 Å². The van der Waals surface area contributed by atoms with Crippen LogP contribution in [0, 0.1) is 5.92 Å². The van der Waals surface area contributed by atoms with E-state index in [4.69, 9.17) is 5.11 Å². The zero-order valence-electron chi connectivity index (χ0n) is 11.3. The van der Waals surface area contributed by atoms with Crippen LogP contribution in [0.25, 0.3) is 0 Å². The number of carbonyl (C=O) groups excluding carboxylic acids is 1. The predicted octanol–water partition coefficient (Wildman–Crippen LogP) is 1.23. The van der Waals surface area contributed by atoms with E-state index in [1.165, 1.54) is 16.8 Å². The summed E-state index contributed by atoms with van der Waals surface area (Å²) in [5.41, 5.74) is -0.320. The third kappa shape index (κ3) is 5.16. The summed E-state index contributed by atoms with van der Waals surface area (Å²) in [6.07, 6.45) is 1.83. The third-order valence-electron chi connectivity index (χ3n) is 2.60. The van der Waals surface area contributed by atoms with Gasteiger partial charge in [0.25, 0.3) is 5.56 Å². The molecule has 1 aromatic heterocycles. The minimum absolute atomic E-state index is 0.144. The molecule has 0 saturated heterocycles. The number of carboxylic acids is 1. The Bertz CT molecular complexity index is 554. The van der Waals surface area contributed by atoms with Gasteiger partial charge in [0.05, 0.1) is 0 Å². The molecule has 0 bridgehead atoms. The van der Waals surface area contributed by atoms with Gasteiger partial charge in [-0.05, 0) is 34.3 Å². The Kier molecular flexibility index (Phi) is 5.94. The van der Waals surface area contributed by atoms with Crippen LogP contribution >= 0.6 is 15.9 Å². The average molecular weight is 345 g/mol. The van der Waals surface area contributed by atoms with Crippen LogP contribution < -0.4 is 10.9 Å². The number of aromatic nitrogens is 1. The first-order chi connectivity index (χ1) is 9.29. The number of hydrogen-bond donors (Lipinski definition) is 2. The number of aliphatic carboxylic acids is 1. The van der Waals surface area contributed by atoms with Crippen molar-refractivity contribution < 1.29 is 14.7 Å². The predicted molar refractivity (Wildman–Crippen MR) is 77.4 cm³/mol. The molecule has 1 heterocycles. The fraction of sp³-hybridized carbons (Fsp3) is 0.462. The van der Waals surface area contributed by atoms with E-state index >= 15 is 0 Å². The second-order valence-corrected chi connectivity index (χ2v) is 5.82. The first kappa shape index (κ1) is 16.4. The number of nitrogens with one attached hydrogen (secondary N) is 1. The molecule has 6 nitrogen and oxygen atoms in total. The zero-order chi connectivity index (χ0) is 15.3. The average Bonchev–Trinajstić information content (AvgIpc) is 2.32. The fourth-order valence-electron chi connectivity index (χ4n) is 1.71. The normalized spacial score (nSPS) is 12.2. The van der Waals surface area contributed by atoms with Gasteiger partial charge >= 0.3 is 5.97 Å². The van der Waals surface area contributed by atoms with Gasteiger partial charge in [0, 0.05) is 16.7 Å². The number of carboxylic acid groups (broad SMARTS) is 1. The van der Waals surface area contributed by atoms with Gasteiger partial charge in [0.15, 0.2) is 0 Å².